The molecule has 146 valence electrons. The van der Waals surface area contributed by atoms with Crippen molar-refractivity contribution >= 4 is 40.5 Å². The molecule has 1 N–H and O–H groups in total. The number of anilines is 2. The van der Waals surface area contributed by atoms with Crippen molar-refractivity contribution < 1.29 is 19.1 Å². The van der Waals surface area contributed by atoms with Gasteiger partial charge in [0, 0.05) is 24.0 Å². The third kappa shape index (κ3) is 4.20. The van der Waals surface area contributed by atoms with Crippen molar-refractivity contribution in [1.82, 2.24) is 0 Å². The number of hydrogen-bond acceptors (Lipinski definition) is 5. The predicted molar refractivity (Wildman–Crippen MR) is 112 cm³/mol. The van der Waals surface area contributed by atoms with Crippen LogP contribution >= 0.6 is 11.3 Å². The first-order valence-electron chi connectivity index (χ1n) is 9.17. The topological polar surface area (TPSA) is 75.7 Å². The summed E-state index contributed by atoms with van der Waals surface area (Å²) < 4.78 is 5.47. The summed E-state index contributed by atoms with van der Waals surface area (Å²) in [5.74, 6) is -0.392. The molecule has 29 heavy (non-hydrogen) atoms. The highest BCUT2D eigenvalue weighted by molar-refractivity contribution is 7.08. The van der Waals surface area contributed by atoms with Crippen LogP contribution in [0.5, 0.6) is 5.75 Å². The zero-order chi connectivity index (χ0) is 20.2. The lowest BCUT2D eigenvalue weighted by Gasteiger charge is -2.16. The number of nitrogens with one attached hydrogen (secondary N) is 1. The zero-order valence-corrected chi connectivity index (χ0v) is 16.3. The molecule has 1 aliphatic heterocycles. The molecule has 0 saturated carbocycles. The van der Waals surface area contributed by atoms with E-state index in [-0.39, 0.29) is 17.4 Å². The second-order valence-electron chi connectivity index (χ2n) is 6.54. The summed E-state index contributed by atoms with van der Waals surface area (Å²) in [6.45, 7) is 0.704. The third-order valence-electron chi connectivity index (χ3n) is 4.61. The van der Waals surface area contributed by atoms with Crippen molar-refractivity contribution in [2.24, 2.45) is 0 Å². The predicted octanol–water partition coefficient (Wildman–Crippen LogP) is 4.35. The van der Waals surface area contributed by atoms with Gasteiger partial charge in [-0.15, -0.1) is 0 Å². The van der Waals surface area contributed by atoms with Gasteiger partial charge >= 0.3 is 5.97 Å². The number of hydrogen-bond donors (Lipinski definition) is 1. The van der Waals surface area contributed by atoms with Crippen molar-refractivity contribution in [3.8, 4) is 5.75 Å². The molecule has 0 aliphatic carbocycles. The van der Waals surface area contributed by atoms with Crippen LogP contribution in [0.1, 0.15) is 33.6 Å². The van der Waals surface area contributed by atoms with E-state index in [0.29, 0.717) is 30.0 Å². The summed E-state index contributed by atoms with van der Waals surface area (Å²) in [6, 6.07) is 15.3. The minimum absolute atomic E-state index is 0.102. The molecular formula is C22H18N2O4S. The Morgan fingerprint density at radius 2 is 1.83 bits per heavy atom. The number of amides is 2. The van der Waals surface area contributed by atoms with Gasteiger partial charge in [-0.3, -0.25) is 9.59 Å². The SMILES string of the molecule is O=C(Nc1ccccc1C(=O)Oc1ccc(N2CCCC2=O)cc1)c1ccsc1. The summed E-state index contributed by atoms with van der Waals surface area (Å²) in [5, 5.41) is 6.31. The van der Waals surface area contributed by atoms with E-state index < -0.39 is 5.97 Å². The second kappa shape index (κ2) is 8.28. The van der Waals surface area contributed by atoms with Gasteiger partial charge in [-0.1, -0.05) is 12.1 Å². The Morgan fingerprint density at radius 1 is 1.03 bits per heavy atom. The van der Waals surface area contributed by atoms with Gasteiger partial charge in [-0.25, -0.2) is 4.79 Å². The molecule has 2 aromatic carbocycles. The van der Waals surface area contributed by atoms with Crippen LogP contribution < -0.4 is 15.0 Å². The number of thiophene rings is 1. The average Bonchev–Trinajstić information content (AvgIpc) is 3.41. The van der Waals surface area contributed by atoms with Gasteiger partial charge in [0.05, 0.1) is 16.8 Å². The standard InChI is InChI=1S/C22H18N2O4S/c25-20-6-3-12-24(20)16-7-9-17(10-8-16)28-22(27)18-4-1-2-5-19(18)23-21(26)15-11-13-29-14-15/h1-2,4-5,7-11,13-14H,3,6,12H2,(H,23,26). The van der Waals surface area contributed by atoms with E-state index >= 15 is 0 Å². The molecule has 0 spiro atoms. The quantitative estimate of drug-likeness (QED) is 0.505. The van der Waals surface area contributed by atoms with Gasteiger partial charge in [0.25, 0.3) is 5.91 Å². The maximum absolute atomic E-state index is 12.7. The lowest BCUT2D eigenvalue weighted by Crippen LogP contribution is -2.23. The number of esters is 1. The molecule has 1 aromatic heterocycles. The van der Waals surface area contributed by atoms with Gasteiger partial charge in [0.1, 0.15) is 5.75 Å². The van der Waals surface area contributed by atoms with E-state index in [1.54, 1.807) is 64.9 Å². The number of ether oxygens (including phenoxy) is 1. The molecule has 1 saturated heterocycles. The van der Waals surface area contributed by atoms with Gasteiger partial charge in [-0.2, -0.15) is 11.3 Å². The molecule has 6 nitrogen and oxygen atoms in total. The molecule has 0 unspecified atom stereocenters. The summed E-state index contributed by atoms with van der Waals surface area (Å²) in [4.78, 5) is 38.5. The van der Waals surface area contributed by atoms with Crippen LogP contribution in [0.4, 0.5) is 11.4 Å². The van der Waals surface area contributed by atoms with Crippen LogP contribution in [0.25, 0.3) is 0 Å². The number of carbonyl (C=O) groups excluding carboxylic acids is 3. The van der Waals surface area contributed by atoms with E-state index in [1.165, 1.54) is 11.3 Å². The first-order chi connectivity index (χ1) is 14.1. The van der Waals surface area contributed by atoms with Gasteiger partial charge < -0.3 is 15.0 Å². The normalized spacial score (nSPS) is 13.4. The molecule has 1 fully saturated rings. The van der Waals surface area contributed by atoms with Crippen molar-refractivity contribution in [1.29, 1.82) is 0 Å². The molecule has 7 heteroatoms. The fourth-order valence-electron chi connectivity index (χ4n) is 3.14. The smallest absolute Gasteiger partial charge is 0.345 e. The van der Waals surface area contributed by atoms with E-state index in [4.69, 9.17) is 4.74 Å². The highest BCUT2D eigenvalue weighted by Gasteiger charge is 2.22. The molecule has 0 radical (unpaired) electrons. The maximum Gasteiger partial charge on any atom is 0.345 e. The average molecular weight is 406 g/mol. The van der Waals surface area contributed by atoms with Crippen LogP contribution in [-0.4, -0.2) is 24.3 Å². The first-order valence-corrected chi connectivity index (χ1v) is 10.1. The number of para-hydroxylation sites is 1. The largest absolute Gasteiger partial charge is 0.423 e. The van der Waals surface area contributed by atoms with Gasteiger partial charge in [-0.05, 0) is 54.3 Å². The fourth-order valence-corrected chi connectivity index (χ4v) is 3.77. The Hall–Kier alpha value is -3.45. The highest BCUT2D eigenvalue weighted by Crippen LogP contribution is 2.25. The van der Waals surface area contributed by atoms with Crippen LogP contribution in [0.3, 0.4) is 0 Å². The van der Waals surface area contributed by atoms with Gasteiger partial charge in [0.15, 0.2) is 0 Å². The van der Waals surface area contributed by atoms with Gasteiger partial charge in [0.2, 0.25) is 5.91 Å². The molecular weight excluding hydrogens is 388 g/mol. The van der Waals surface area contributed by atoms with E-state index in [9.17, 15) is 14.4 Å². The molecule has 1 aliphatic rings. The van der Waals surface area contributed by atoms with Crippen molar-refractivity contribution in [3.63, 3.8) is 0 Å². The molecule has 2 heterocycles. The molecule has 3 aromatic rings. The monoisotopic (exact) mass is 406 g/mol. The number of carbonyl (C=O) groups is 3. The molecule has 0 bridgehead atoms. The summed E-state index contributed by atoms with van der Waals surface area (Å²) in [5.41, 5.74) is 1.96. The lowest BCUT2D eigenvalue weighted by molar-refractivity contribution is -0.117. The highest BCUT2D eigenvalue weighted by atomic mass is 32.1. The van der Waals surface area contributed by atoms with E-state index in [1.807, 2.05) is 5.38 Å². The van der Waals surface area contributed by atoms with Crippen molar-refractivity contribution in [2.75, 3.05) is 16.8 Å². The second-order valence-corrected chi connectivity index (χ2v) is 7.32. The Kier molecular flexibility index (Phi) is 5.39. The third-order valence-corrected chi connectivity index (χ3v) is 5.29. The fraction of sp³-hybridized carbons (Fsp3) is 0.136. The molecule has 4 rings (SSSR count). The van der Waals surface area contributed by atoms with E-state index in [2.05, 4.69) is 5.32 Å². The number of rotatable bonds is 5. The van der Waals surface area contributed by atoms with Crippen LogP contribution in [0, 0.1) is 0 Å². The summed E-state index contributed by atoms with van der Waals surface area (Å²) in [7, 11) is 0. The lowest BCUT2D eigenvalue weighted by atomic mass is 10.1. The zero-order valence-electron chi connectivity index (χ0n) is 15.5. The maximum atomic E-state index is 12.7. The van der Waals surface area contributed by atoms with Crippen LogP contribution in [-0.2, 0) is 4.79 Å². The molecule has 0 atom stereocenters. The first kappa shape index (κ1) is 18.9. The number of nitrogens with zero attached hydrogens (tertiary/aromatic N) is 1. The molecule has 2 amide bonds. The number of benzene rings is 2. The van der Waals surface area contributed by atoms with Crippen LogP contribution in [0.15, 0.2) is 65.4 Å². The minimum atomic E-state index is -0.573. The van der Waals surface area contributed by atoms with E-state index in [0.717, 1.165) is 12.1 Å². The minimum Gasteiger partial charge on any atom is -0.423 e. The Labute approximate surface area is 171 Å². The van der Waals surface area contributed by atoms with Crippen LogP contribution in [0.2, 0.25) is 0 Å². The Morgan fingerprint density at radius 3 is 2.52 bits per heavy atom. The summed E-state index contributed by atoms with van der Waals surface area (Å²) >= 11 is 1.42. The Balaban J connectivity index is 1.47. The van der Waals surface area contributed by atoms with Crippen molar-refractivity contribution in [2.45, 2.75) is 12.8 Å². The summed E-state index contributed by atoms with van der Waals surface area (Å²) in [6.07, 6.45) is 1.41. The van der Waals surface area contributed by atoms with Crippen molar-refractivity contribution in [3.05, 3.63) is 76.5 Å². The Bertz CT molecular complexity index is 1040.